The van der Waals surface area contributed by atoms with E-state index in [0.29, 0.717) is 49.8 Å². The molecule has 0 atom stereocenters. The number of rotatable bonds is 7. The van der Waals surface area contributed by atoms with Crippen molar-refractivity contribution < 1.29 is 9.53 Å². The second-order valence-corrected chi connectivity index (χ2v) is 7.66. The third kappa shape index (κ3) is 6.04. The van der Waals surface area contributed by atoms with Crippen molar-refractivity contribution in [1.29, 1.82) is 0 Å². The summed E-state index contributed by atoms with van der Waals surface area (Å²) < 4.78 is 5.34. The summed E-state index contributed by atoms with van der Waals surface area (Å²) in [4.78, 5) is 36.5. The molecule has 1 aromatic rings. The van der Waals surface area contributed by atoms with E-state index in [1.165, 1.54) is 25.7 Å². The molecule has 2 N–H and O–H groups in total. The van der Waals surface area contributed by atoms with Gasteiger partial charge in [-0.1, -0.05) is 12.8 Å². The molecule has 0 spiro atoms. The van der Waals surface area contributed by atoms with Gasteiger partial charge in [-0.15, -0.1) is 0 Å². The number of nitrogens with one attached hydrogen (secondary N) is 2. The zero-order valence-electron chi connectivity index (χ0n) is 17.0. The summed E-state index contributed by atoms with van der Waals surface area (Å²) in [7, 11) is 0. The Hall–Kier alpha value is -1.93. The molecular weight excluding hydrogens is 358 g/mol. The van der Waals surface area contributed by atoms with Crippen LogP contribution < -0.4 is 15.8 Å². The number of ether oxygens (including phenoxy) is 1. The van der Waals surface area contributed by atoms with Gasteiger partial charge in [-0.05, 0) is 39.3 Å². The fourth-order valence-corrected chi connectivity index (χ4v) is 3.86. The Morgan fingerprint density at radius 2 is 1.86 bits per heavy atom. The van der Waals surface area contributed by atoms with Crippen LogP contribution in [-0.2, 0) is 16.0 Å². The second-order valence-electron chi connectivity index (χ2n) is 7.66. The molecule has 2 aliphatic heterocycles. The van der Waals surface area contributed by atoms with E-state index in [2.05, 4.69) is 20.2 Å². The minimum Gasteiger partial charge on any atom is -0.378 e. The summed E-state index contributed by atoms with van der Waals surface area (Å²) in [6.45, 7) is 8.40. The smallest absolute Gasteiger partial charge is 0.255 e. The van der Waals surface area contributed by atoms with Gasteiger partial charge in [-0.2, -0.15) is 0 Å². The average molecular weight is 392 g/mol. The monoisotopic (exact) mass is 391 g/mol. The largest absolute Gasteiger partial charge is 0.378 e. The molecule has 1 aromatic heterocycles. The van der Waals surface area contributed by atoms with Crippen LogP contribution in [0.1, 0.15) is 43.4 Å². The number of likely N-dealkylation sites (tertiary alicyclic amines) is 1. The predicted octanol–water partition coefficient (Wildman–Crippen LogP) is 0.840. The molecule has 0 radical (unpaired) electrons. The summed E-state index contributed by atoms with van der Waals surface area (Å²) in [5, 5.41) is 2.99. The van der Waals surface area contributed by atoms with Crippen molar-refractivity contribution in [3.05, 3.63) is 21.6 Å². The van der Waals surface area contributed by atoms with Crippen molar-refractivity contribution in [2.45, 2.75) is 45.4 Å². The molecule has 8 nitrogen and oxygen atoms in total. The minimum absolute atomic E-state index is 0.00845. The number of nitrogens with zero attached hydrogens (tertiary/aromatic N) is 3. The molecule has 0 unspecified atom stereocenters. The van der Waals surface area contributed by atoms with E-state index in [1.807, 2.05) is 11.8 Å². The molecule has 0 aliphatic carbocycles. The first-order valence-electron chi connectivity index (χ1n) is 10.5. The standard InChI is InChI=1S/C20H33N5O3/c1-16-17(19(27)23-20(22-16)25-12-14-28-15-13-25)6-7-18(26)21-8-11-24-9-4-2-3-5-10-24/h2-15H2,1H3,(H,21,26)(H,22,23,27). The number of aromatic nitrogens is 2. The van der Waals surface area contributed by atoms with Gasteiger partial charge in [0.25, 0.3) is 5.56 Å². The van der Waals surface area contributed by atoms with Crippen LogP contribution in [0, 0.1) is 6.92 Å². The molecule has 2 fully saturated rings. The fraction of sp³-hybridized carbons (Fsp3) is 0.750. The van der Waals surface area contributed by atoms with Gasteiger partial charge in [-0.3, -0.25) is 14.6 Å². The summed E-state index contributed by atoms with van der Waals surface area (Å²) in [5.41, 5.74) is 1.15. The Labute approximate surface area is 166 Å². The van der Waals surface area contributed by atoms with Gasteiger partial charge in [-0.25, -0.2) is 4.98 Å². The zero-order chi connectivity index (χ0) is 19.8. The lowest BCUT2D eigenvalue weighted by Gasteiger charge is -2.27. The number of carbonyl (C=O) groups is 1. The van der Waals surface area contributed by atoms with E-state index in [0.717, 1.165) is 32.7 Å². The summed E-state index contributed by atoms with van der Waals surface area (Å²) >= 11 is 0. The Kier molecular flexibility index (Phi) is 7.85. The molecule has 3 rings (SSSR count). The van der Waals surface area contributed by atoms with Crippen molar-refractivity contribution in [1.82, 2.24) is 20.2 Å². The molecule has 0 bridgehead atoms. The Morgan fingerprint density at radius 1 is 1.14 bits per heavy atom. The Balaban J connectivity index is 1.45. The maximum Gasteiger partial charge on any atom is 0.255 e. The van der Waals surface area contributed by atoms with Crippen LogP contribution in [0.3, 0.4) is 0 Å². The highest BCUT2D eigenvalue weighted by atomic mass is 16.5. The van der Waals surface area contributed by atoms with Gasteiger partial charge in [0.05, 0.1) is 13.2 Å². The van der Waals surface area contributed by atoms with Crippen LogP contribution in [0.5, 0.6) is 0 Å². The molecule has 3 heterocycles. The van der Waals surface area contributed by atoms with Crippen molar-refractivity contribution in [2.24, 2.45) is 0 Å². The lowest BCUT2D eigenvalue weighted by molar-refractivity contribution is -0.121. The number of carbonyl (C=O) groups excluding carboxylic acids is 1. The molecule has 0 saturated carbocycles. The van der Waals surface area contributed by atoms with Crippen molar-refractivity contribution in [3.8, 4) is 0 Å². The van der Waals surface area contributed by atoms with Gasteiger partial charge in [0.15, 0.2) is 0 Å². The maximum absolute atomic E-state index is 12.5. The number of amides is 1. The number of H-pyrrole nitrogens is 1. The van der Waals surface area contributed by atoms with Crippen LogP contribution in [0.15, 0.2) is 4.79 Å². The zero-order valence-corrected chi connectivity index (χ0v) is 17.0. The molecular formula is C20H33N5O3. The predicted molar refractivity (Wildman–Crippen MR) is 109 cm³/mol. The highest BCUT2D eigenvalue weighted by Crippen LogP contribution is 2.11. The maximum atomic E-state index is 12.5. The van der Waals surface area contributed by atoms with Gasteiger partial charge < -0.3 is 19.9 Å². The lowest BCUT2D eigenvalue weighted by Crippen LogP contribution is -2.39. The first-order valence-corrected chi connectivity index (χ1v) is 10.5. The number of hydrogen-bond donors (Lipinski definition) is 2. The Bertz CT molecular complexity index is 692. The molecule has 2 saturated heterocycles. The third-order valence-corrected chi connectivity index (χ3v) is 5.57. The van der Waals surface area contributed by atoms with Gasteiger partial charge in [0.2, 0.25) is 11.9 Å². The number of anilines is 1. The number of hydrogen-bond acceptors (Lipinski definition) is 6. The number of aromatic amines is 1. The highest BCUT2D eigenvalue weighted by molar-refractivity contribution is 5.76. The number of morpholine rings is 1. The van der Waals surface area contributed by atoms with E-state index >= 15 is 0 Å². The van der Waals surface area contributed by atoms with E-state index in [4.69, 9.17) is 4.74 Å². The van der Waals surface area contributed by atoms with E-state index < -0.39 is 0 Å². The van der Waals surface area contributed by atoms with Gasteiger partial charge >= 0.3 is 0 Å². The summed E-state index contributed by atoms with van der Waals surface area (Å²) in [6, 6.07) is 0. The molecule has 2 aliphatic rings. The third-order valence-electron chi connectivity index (χ3n) is 5.57. The van der Waals surface area contributed by atoms with Crippen LogP contribution >= 0.6 is 0 Å². The molecule has 156 valence electrons. The second kappa shape index (κ2) is 10.6. The normalized spacial score (nSPS) is 18.7. The minimum atomic E-state index is -0.147. The summed E-state index contributed by atoms with van der Waals surface area (Å²) in [6.07, 6.45) is 5.85. The van der Waals surface area contributed by atoms with Gasteiger partial charge in [0, 0.05) is 43.9 Å². The molecule has 0 aromatic carbocycles. The van der Waals surface area contributed by atoms with Crippen molar-refractivity contribution in [2.75, 3.05) is 57.4 Å². The Morgan fingerprint density at radius 3 is 2.54 bits per heavy atom. The van der Waals surface area contributed by atoms with Crippen LogP contribution in [0.25, 0.3) is 0 Å². The SMILES string of the molecule is Cc1nc(N2CCOCC2)[nH]c(=O)c1CCC(=O)NCCN1CCCCCC1. The topological polar surface area (TPSA) is 90.6 Å². The number of aryl methyl sites for hydroxylation is 1. The van der Waals surface area contributed by atoms with Crippen LogP contribution in [0.2, 0.25) is 0 Å². The van der Waals surface area contributed by atoms with E-state index in [-0.39, 0.29) is 11.5 Å². The quantitative estimate of drug-likeness (QED) is 0.716. The average Bonchev–Trinajstić information content (AvgIpc) is 2.97. The summed E-state index contributed by atoms with van der Waals surface area (Å²) in [5.74, 6) is 0.585. The highest BCUT2D eigenvalue weighted by Gasteiger charge is 2.17. The molecule has 8 heteroatoms. The fourth-order valence-electron chi connectivity index (χ4n) is 3.86. The molecule has 1 amide bonds. The molecule has 28 heavy (non-hydrogen) atoms. The lowest BCUT2D eigenvalue weighted by atomic mass is 10.1. The van der Waals surface area contributed by atoms with E-state index in [9.17, 15) is 9.59 Å². The first-order chi connectivity index (χ1) is 13.6. The first kappa shape index (κ1) is 20.8. The van der Waals surface area contributed by atoms with Crippen molar-refractivity contribution in [3.63, 3.8) is 0 Å². The van der Waals surface area contributed by atoms with Crippen LogP contribution in [-0.4, -0.2) is 73.3 Å². The van der Waals surface area contributed by atoms with Gasteiger partial charge in [0.1, 0.15) is 0 Å². The van der Waals surface area contributed by atoms with Crippen molar-refractivity contribution >= 4 is 11.9 Å². The van der Waals surface area contributed by atoms with Crippen LogP contribution in [0.4, 0.5) is 5.95 Å². The van der Waals surface area contributed by atoms with E-state index in [1.54, 1.807) is 0 Å².